The van der Waals surface area contributed by atoms with E-state index in [9.17, 15) is 4.79 Å². The summed E-state index contributed by atoms with van der Waals surface area (Å²) in [6.07, 6.45) is 4.15. The van der Waals surface area contributed by atoms with Gasteiger partial charge in [0.15, 0.2) is 0 Å². The quantitative estimate of drug-likeness (QED) is 0.904. The second-order valence-electron chi connectivity index (χ2n) is 5.37. The topological polar surface area (TPSA) is 72.5 Å². The average Bonchev–Trinajstić information content (AvgIpc) is 2.60. The zero-order valence-electron chi connectivity index (χ0n) is 12.9. The van der Waals surface area contributed by atoms with Crippen LogP contribution in [-0.2, 0) is 13.0 Å². The molecule has 1 aliphatic heterocycles. The highest BCUT2D eigenvalue weighted by Crippen LogP contribution is 2.28. The van der Waals surface area contributed by atoms with Gasteiger partial charge < -0.3 is 20.1 Å². The van der Waals surface area contributed by atoms with Crippen LogP contribution in [0, 0.1) is 0 Å². The van der Waals surface area contributed by atoms with Crippen molar-refractivity contribution in [2.75, 3.05) is 13.7 Å². The molecule has 6 heteroatoms. The van der Waals surface area contributed by atoms with E-state index >= 15 is 0 Å². The van der Waals surface area contributed by atoms with E-state index in [1.807, 2.05) is 30.3 Å². The van der Waals surface area contributed by atoms with Gasteiger partial charge in [0.2, 0.25) is 0 Å². The minimum absolute atomic E-state index is 0.0662. The van der Waals surface area contributed by atoms with Gasteiger partial charge in [0.05, 0.1) is 13.2 Å². The lowest BCUT2D eigenvalue weighted by molar-refractivity contribution is 0.214. The van der Waals surface area contributed by atoms with Gasteiger partial charge >= 0.3 is 6.03 Å². The van der Waals surface area contributed by atoms with Crippen molar-refractivity contribution in [2.45, 2.75) is 19.0 Å². The van der Waals surface area contributed by atoms with Crippen LogP contribution in [0.5, 0.6) is 11.5 Å². The van der Waals surface area contributed by atoms with Gasteiger partial charge in [-0.1, -0.05) is 6.07 Å². The Hall–Kier alpha value is -2.76. The number of ether oxygens (including phenoxy) is 2. The zero-order chi connectivity index (χ0) is 16.1. The van der Waals surface area contributed by atoms with Crippen LogP contribution in [0.2, 0.25) is 0 Å². The molecule has 2 aromatic rings. The van der Waals surface area contributed by atoms with Crippen LogP contribution in [0.1, 0.15) is 11.1 Å². The fourth-order valence-electron chi connectivity index (χ4n) is 2.51. The van der Waals surface area contributed by atoms with E-state index in [2.05, 4.69) is 15.6 Å². The third kappa shape index (κ3) is 3.91. The van der Waals surface area contributed by atoms with Crippen molar-refractivity contribution in [3.63, 3.8) is 0 Å². The Morgan fingerprint density at radius 3 is 3.13 bits per heavy atom. The molecule has 120 valence electrons. The smallest absolute Gasteiger partial charge is 0.315 e. The summed E-state index contributed by atoms with van der Waals surface area (Å²) in [7, 11) is 1.63. The second-order valence-corrected chi connectivity index (χ2v) is 5.37. The summed E-state index contributed by atoms with van der Waals surface area (Å²) in [5.74, 6) is 1.63. The third-order valence-electron chi connectivity index (χ3n) is 3.69. The first-order chi connectivity index (χ1) is 11.2. The zero-order valence-corrected chi connectivity index (χ0v) is 12.9. The number of carbonyl (C=O) groups excluding carboxylic acids is 1. The van der Waals surface area contributed by atoms with Crippen molar-refractivity contribution in [2.24, 2.45) is 0 Å². The first-order valence-electron chi connectivity index (χ1n) is 7.47. The molecule has 1 aromatic carbocycles. The molecule has 0 saturated heterocycles. The molecule has 6 nitrogen and oxygen atoms in total. The Bertz CT molecular complexity index is 676. The van der Waals surface area contributed by atoms with Gasteiger partial charge in [-0.25, -0.2) is 4.79 Å². The predicted molar refractivity (Wildman–Crippen MR) is 85.6 cm³/mol. The van der Waals surface area contributed by atoms with E-state index in [1.54, 1.807) is 19.5 Å². The van der Waals surface area contributed by atoms with E-state index in [4.69, 9.17) is 9.47 Å². The van der Waals surface area contributed by atoms with Gasteiger partial charge in [-0.3, -0.25) is 4.98 Å². The third-order valence-corrected chi connectivity index (χ3v) is 3.69. The Balaban J connectivity index is 1.53. The first kappa shape index (κ1) is 15.1. The number of carbonyl (C=O) groups is 1. The molecular formula is C17H19N3O3. The Morgan fingerprint density at radius 1 is 1.43 bits per heavy atom. The number of aromatic nitrogens is 1. The highest BCUT2D eigenvalue weighted by Gasteiger charge is 2.21. The molecule has 2 N–H and O–H groups in total. The molecule has 1 aromatic heterocycles. The van der Waals surface area contributed by atoms with E-state index in [0.29, 0.717) is 19.6 Å². The highest BCUT2D eigenvalue weighted by atomic mass is 16.5. The first-order valence-corrected chi connectivity index (χ1v) is 7.47. The van der Waals surface area contributed by atoms with Crippen LogP contribution in [0.4, 0.5) is 4.79 Å². The second kappa shape index (κ2) is 7.00. The summed E-state index contributed by atoms with van der Waals surface area (Å²) in [5, 5.41) is 5.75. The van der Waals surface area contributed by atoms with Crippen molar-refractivity contribution < 1.29 is 14.3 Å². The van der Waals surface area contributed by atoms with Gasteiger partial charge in [-0.15, -0.1) is 0 Å². The van der Waals surface area contributed by atoms with Gasteiger partial charge in [-0.05, 0) is 41.8 Å². The molecule has 0 fully saturated rings. The number of benzene rings is 1. The monoisotopic (exact) mass is 313 g/mol. The van der Waals surface area contributed by atoms with Crippen molar-refractivity contribution in [1.82, 2.24) is 15.6 Å². The van der Waals surface area contributed by atoms with Gasteiger partial charge in [0.25, 0.3) is 0 Å². The van der Waals surface area contributed by atoms with Crippen LogP contribution in [-0.4, -0.2) is 30.8 Å². The van der Waals surface area contributed by atoms with Gasteiger partial charge in [0, 0.05) is 18.9 Å². The Labute approximate surface area is 134 Å². The van der Waals surface area contributed by atoms with Crippen molar-refractivity contribution in [3.8, 4) is 11.5 Å². The maximum absolute atomic E-state index is 12.0. The fraction of sp³-hybridized carbons (Fsp3) is 0.294. The maximum atomic E-state index is 12.0. The lowest BCUT2D eigenvalue weighted by Crippen LogP contribution is -2.47. The number of amides is 2. The molecule has 2 heterocycles. The average molecular weight is 313 g/mol. The number of nitrogens with zero attached hydrogens (tertiary/aromatic N) is 1. The lowest BCUT2D eigenvalue weighted by atomic mass is 10.0. The molecule has 0 radical (unpaired) electrons. The highest BCUT2D eigenvalue weighted by molar-refractivity contribution is 5.74. The molecule has 3 rings (SSSR count). The van der Waals surface area contributed by atoms with Gasteiger partial charge in [0.1, 0.15) is 18.1 Å². The molecule has 0 aliphatic carbocycles. The summed E-state index contributed by atoms with van der Waals surface area (Å²) in [6, 6.07) is 9.18. The number of nitrogens with one attached hydrogen (secondary N) is 2. The molecule has 0 bridgehead atoms. The Kier molecular flexibility index (Phi) is 4.61. The van der Waals surface area contributed by atoms with Crippen LogP contribution >= 0.6 is 0 Å². The van der Waals surface area contributed by atoms with Crippen LogP contribution in [0.3, 0.4) is 0 Å². The molecule has 23 heavy (non-hydrogen) atoms. The largest absolute Gasteiger partial charge is 0.497 e. The fourth-order valence-corrected chi connectivity index (χ4v) is 2.51. The molecule has 0 spiro atoms. The minimum Gasteiger partial charge on any atom is -0.497 e. The van der Waals surface area contributed by atoms with E-state index in [-0.39, 0.29) is 12.1 Å². The number of urea groups is 1. The van der Waals surface area contributed by atoms with Crippen molar-refractivity contribution in [1.29, 1.82) is 0 Å². The summed E-state index contributed by atoms with van der Waals surface area (Å²) in [5.41, 5.74) is 1.99. The van der Waals surface area contributed by atoms with Crippen molar-refractivity contribution in [3.05, 3.63) is 53.9 Å². The number of rotatable bonds is 4. The molecule has 1 atom stereocenters. The maximum Gasteiger partial charge on any atom is 0.315 e. The molecule has 0 unspecified atom stereocenters. The van der Waals surface area contributed by atoms with E-state index < -0.39 is 0 Å². The minimum atomic E-state index is -0.214. The standard InChI is InChI=1S/C17H19N3O3/c1-22-15-4-5-16-13(8-15)7-14(11-23-16)20-17(21)19-10-12-3-2-6-18-9-12/h2-6,8-9,14H,7,10-11H2,1H3,(H2,19,20,21)/t14-/m0/s1. The predicted octanol–water partition coefficient (Wildman–Crippen LogP) is 1.89. The van der Waals surface area contributed by atoms with E-state index in [0.717, 1.165) is 22.6 Å². The number of hydrogen-bond acceptors (Lipinski definition) is 4. The normalized spacial score (nSPS) is 16.0. The van der Waals surface area contributed by atoms with Crippen LogP contribution in [0.15, 0.2) is 42.7 Å². The summed E-state index contributed by atoms with van der Waals surface area (Å²) in [6.45, 7) is 0.900. The van der Waals surface area contributed by atoms with E-state index in [1.165, 1.54) is 0 Å². The number of pyridine rings is 1. The number of methoxy groups -OCH3 is 1. The molecule has 1 aliphatic rings. The summed E-state index contributed by atoms with van der Waals surface area (Å²) < 4.78 is 10.9. The summed E-state index contributed by atoms with van der Waals surface area (Å²) in [4.78, 5) is 16.0. The number of fused-ring (bicyclic) bond motifs is 1. The molecular weight excluding hydrogens is 294 g/mol. The van der Waals surface area contributed by atoms with Crippen molar-refractivity contribution >= 4 is 6.03 Å². The molecule has 0 saturated carbocycles. The molecule has 2 amide bonds. The van der Waals surface area contributed by atoms with Crippen LogP contribution in [0.25, 0.3) is 0 Å². The SMILES string of the molecule is COc1ccc2c(c1)C[C@H](NC(=O)NCc1cccnc1)CO2. The lowest BCUT2D eigenvalue weighted by Gasteiger charge is -2.26. The van der Waals surface area contributed by atoms with Gasteiger partial charge in [-0.2, -0.15) is 0 Å². The summed E-state index contributed by atoms with van der Waals surface area (Å²) >= 11 is 0. The van der Waals surface area contributed by atoms with Crippen LogP contribution < -0.4 is 20.1 Å². The number of hydrogen-bond donors (Lipinski definition) is 2. The Morgan fingerprint density at radius 2 is 2.35 bits per heavy atom.